The third-order valence-corrected chi connectivity index (χ3v) is 6.06. The van der Waals surface area contributed by atoms with Crippen LogP contribution in [0.4, 0.5) is 0 Å². The van der Waals surface area contributed by atoms with Gasteiger partial charge in [-0.15, -0.1) is 0 Å². The Morgan fingerprint density at radius 1 is 1.35 bits per heavy atom. The number of hydrogen-bond acceptors (Lipinski definition) is 4. The largest absolute Gasteiger partial charge is 0.466 e. The van der Waals surface area contributed by atoms with Gasteiger partial charge >= 0.3 is 5.97 Å². The van der Waals surface area contributed by atoms with Crippen molar-refractivity contribution in [1.82, 2.24) is 0 Å². The second-order valence-corrected chi connectivity index (χ2v) is 8.51. The third-order valence-electron chi connectivity index (χ3n) is 4.48. The summed E-state index contributed by atoms with van der Waals surface area (Å²) >= 11 is 6.16. The number of halogens is 1. The van der Waals surface area contributed by atoms with E-state index in [2.05, 4.69) is 0 Å². The Hall–Kier alpha value is -1.07. The summed E-state index contributed by atoms with van der Waals surface area (Å²) in [5.74, 6) is 0.626. The highest BCUT2D eigenvalue weighted by Crippen LogP contribution is 2.42. The van der Waals surface area contributed by atoms with E-state index < -0.39 is 9.84 Å². The molecule has 1 aromatic rings. The fraction of sp³-hybridized carbons (Fsp3) is 0.588. The van der Waals surface area contributed by atoms with E-state index >= 15 is 0 Å². The van der Waals surface area contributed by atoms with Gasteiger partial charge in [-0.3, -0.25) is 4.79 Å². The zero-order chi connectivity index (χ0) is 17.0. The van der Waals surface area contributed by atoms with Crippen molar-refractivity contribution in [2.24, 2.45) is 5.92 Å². The molecule has 0 aromatic heterocycles. The van der Waals surface area contributed by atoms with Crippen molar-refractivity contribution in [2.75, 3.05) is 12.9 Å². The topological polar surface area (TPSA) is 60.4 Å². The lowest BCUT2D eigenvalue weighted by molar-refractivity contribution is -0.143. The lowest BCUT2D eigenvalue weighted by atomic mass is 9.87. The molecule has 0 radical (unpaired) electrons. The number of carbonyl (C=O) groups excluding carboxylic acids is 1. The Balaban J connectivity index is 2.08. The van der Waals surface area contributed by atoms with Crippen molar-refractivity contribution in [3.05, 3.63) is 28.8 Å². The predicted molar refractivity (Wildman–Crippen MR) is 90.5 cm³/mol. The highest BCUT2D eigenvalue weighted by molar-refractivity contribution is 7.90. The van der Waals surface area contributed by atoms with E-state index in [1.54, 1.807) is 19.1 Å². The summed E-state index contributed by atoms with van der Waals surface area (Å²) in [6, 6.07) is 5.24. The second kappa shape index (κ2) is 7.67. The molecule has 1 aromatic carbocycles. The van der Waals surface area contributed by atoms with Gasteiger partial charge in [0.05, 0.1) is 16.5 Å². The fourth-order valence-electron chi connectivity index (χ4n) is 3.30. The van der Waals surface area contributed by atoms with Gasteiger partial charge in [-0.2, -0.15) is 0 Å². The lowest BCUT2D eigenvalue weighted by Gasteiger charge is -2.20. The molecule has 0 spiro atoms. The summed E-state index contributed by atoms with van der Waals surface area (Å²) in [6.45, 7) is 2.23. The number of carbonyl (C=O) groups is 1. The molecule has 0 aliphatic heterocycles. The summed E-state index contributed by atoms with van der Waals surface area (Å²) in [5.41, 5.74) is 1.08. The number of ether oxygens (including phenoxy) is 1. The van der Waals surface area contributed by atoms with E-state index in [0.717, 1.165) is 37.5 Å². The van der Waals surface area contributed by atoms with E-state index in [0.29, 0.717) is 24.9 Å². The first kappa shape index (κ1) is 18.3. The highest BCUT2D eigenvalue weighted by atomic mass is 35.5. The van der Waals surface area contributed by atoms with Crippen LogP contribution in [-0.4, -0.2) is 27.2 Å². The van der Waals surface area contributed by atoms with Gasteiger partial charge in [-0.1, -0.05) is 31.0 Å². The van der Waals surface area contributed by atoms with Crippen LogP contribution in [0.1, 0.15) is 50.5 Å². The Bertz CT molecular complexity index is 669. The normalized spacial score (nSPS) is 21.3. The lowest BCUT2D eigenvalue weighted by Crippen LogP contribution is -2.12. The Morgan fingerprint density at radius 2 is 2.09 bits per heavy atom. The molecule has 0 saturated heterocycles. The fourth-order valence-corrected chi connectivity index (χ4v) is 4.63. The van der Waals surface area contributed by atoms with Gasteiger partial charge < -0.3 is 4.74 Å². The van der Waals surface area contributed by atoms with Crippen LogP contribution in [0.15, 0.2) is 23.1 Å². The SMILES string of the molecule is CCC(=O)OCCC1CCCC1c1ccc(S(C)(=O)=O)c(Cl)c1. The number of benzene rings is 1. The summed E-state index contributed by atoms with van der Waals surface area (Å²) in [6.07, 6.45) is 5.68. The van der Waals surface area contributed by atoms with Crippen LogP contribution in [0.3, 0.4) is 0 Å². The van der Waals surface area contributed by atoms with Crippen molar-refractivity contribution in [3.8, 4) is 0 Å². The van der Waals surface area contributed by atoms with Gasteiger partial charge in [-0.05, 0) is 48.8 Å². The average molecular weight is 359 g/mol. The van der Waals surface area contributed by atoms with Crippen LogP contribution in [0.25, 0.3) is 0 Å². The maximum atomic E-state index is 11.7. The molecule has 2 atom stereocenters. The zero-order valence-electron chi connectivity index (χ0n) is 13.5. The maximum Gasteiger partial charge on any atom is 0.305 e. The van der Waals surface area contributed by atoms with E-state index in [-0.39, 0.29) is 15.9 Å². The molecule has 0 N–H and O–H groups in total. The molecule has 2 rings (SSSR count). The molecule has 1 saturated carbocycles. The monoisotopic (exact) mass is 358 g/mol. The third kappa shape index (κ3) is 4.70. The van der Waals surface area contributed by atoms with Gasteiger partial charge in [0.1, 0.15) is 0 Å². The highest BCUT2D eigenvalue weighted by Gasteiger charge is 2.29. The first-order chi connectivity index (χ1) is 10.8. The molecule has 1 aliphatic carbocycles. The summed E-state index contributed by atoms with van der Waals surface area (Å²) < 4.78 is 28.5. The Labute approximate surface area is 143 Å². The molecule has 4 nitrogen and oxygen atoms in total. The van der Waals surface area contributed by atoms with Gasteiger partial charge in [0.25, 0.3) is 0 Å². The average Bonchev–Trinajstić information content (AvgIpc) is 2.94. The van der Waals surface area contributed by atoms with Gasteiger partial charge in [0.2, 0.25) is 0 Å². The number of hydrogen-bond donors (Lipinski definition) is 0. The van der Waals surface area contributed by atoms with Crippen LogP contribution >= 0.6 is 11.6 Å². The van der Waals surface area contributed by atoms with Crippen molar-refractivity contribution >= 4 is 27.4 Å². The zero-order valence-corrected chi connectivity index (χ0v) is 15.1. The first-order valence-electron chi connectivity index (χ1n) is 7.98. The molecule has 0 amide bonds. The quantitative estimate of drug-likeness (QED) is 0.722. The molecule has 1 aliphatic rings. The standard InChI is InChI=1S/C17H23ClO4S/c1-3-17(19)22-10-9-12-5-4-6-14(12)13-7-8-16(15(18)11-13)23(2,20)21/h7-8,11-12,14H,3-6,9-10H2,1-2H3. The van der Waals surface area contributed by atoms with Crippen LogP contribution < -0.4 is 0 Å². The van der Waals surface area contributed by atoms with Crippen LogP contribution in [-0.2, 0) is 19.4 Å². The molecular weight excluding hydrogens is 336 g/mol. The van der Waals surface area contributed by atoms with Crippen molar-refractivity contribution < 1.29 is 17.9 Å². The van der Waals surface area contributed by atoms with Crippen LogP contribution in [0.5, 0.6) is 0 Å². The molecule has 1 fully saturated rings. The minimum atomic E-state index is -3.30. The smallest absolute Gasteiger partial charge is 0.305 e. The summed E-state index contributed by atoms with van der Waals surface area (Å²) in [5, 5.41) is 0.285. The maximum absolute atomic E-state index is 11.7. The van der Waals surface area contributed by atoms with Gasteiger partial charge in [-0.25, -0.2) is 8.42 Å². The van der Waals surface area contributed by atoms with E-state index in [4.69, 9.17) is 16.3 Å². The molecule has 0 heterocycles. The molecular formula is C17H23ClO4S. The number of esters is 1. The Kier molecular flexibility index (Phi) is 6.09. The van der Waals surface area contributed by atoms with Gasteiger partial charge in [0.15, 0.2) is 9.84 Å². The van der Waals surface area contributed by atoms with Crippen molar-refractivity contribution in [1.29, 1.82) is 0 Å². The van der Waals surface area contributed by atoms with Gasteiger partial charge in [0, 0.05) is 12.7 Å². The number of sulfone groups is 1. The summed E-state index contributed by atoms with van der Waals surface area (Å²) in [7, 11) is -3.30. The second-order valence-electron chi connectivity index (χ2n) is 6.12. The van der Waals surface area contributed by atoms with Crippen molar-refractivity contribution in [3.63, 3.8) is 0 Å². The number of rotatable bonds is 6. The molecule has 2 unspecified atom stereocenters. The summed E-state index contributed by atoms with van der Waals surface area (Å²) in [4.78, 5) is 11.4. The molecule has 128 valence electrons. The molecule has 0 bridgehead atoms. The van der Waals surface area contributed by atoms with Crippen LogP contribution in [0.2, 0.25) is 5.02 Å². The van der Waals surface area contributed by atoms with E-state index in [9.17, 15) is 13.2 Å². The van der Waals surface area contributed by atoms with Crippen LogP contribution in [0, 0.1) is 5.92 Å². The Morgan fingerprint density at radius 3 is 2.70 bits per heavy atom. The minimum Gasteiger partial charge on any atom is -0.466 e. The van der Waals surface area contributed by atoms with E-state index in [1.807, 2.05) is 6.07 Å². The first-order valence-corrected chi connectivity index (χ1v) is 10.2. The van der Waals surface area contributed by atoms with Crippen molar-refractivity contribution in [2.45, 2.75) is 49.8 Å². The minimum absolute atomic E-state index is 0.167. The molecule has 6 heteroatoms. The molecule has 23 heavy (non-hydrogen) atoms. The van der Waals surface area contributed by atoms with E-state index in [1.165, 1.54) is 0 Å². The predicted octanol–water partition coefficient (Wildman–Crippen LogP) is 3.97.